The van der Waals surface area contributed by atoms with Gasteiger partial charge in [0.25, 0.3) is 0 Å². The van der Waals surface area contributed by atoms with Crippen LogP contribution in [0.15, 0.2) is 200 Å². The summed E-state index contributed by atoms with van der Waals surface area (Å²) in [6.45, 7) is 0. The number of anilines is 3. The van der Waals surface area contributed by atoms with Crippen LogP contribution in [0.1, 0.15) is 22.3 Å². The first-order chi connectivity index (χ1) is 28.8. The van der Waals surface area contributed by atoms with Crippen molar-refractivity contribution in [1.29, 1.82) is 0 Å². The first kappa shape index (κ1) is 32.3. The molecular weight excluding hydrogens is 739 g/mol. The van der Waals surface area contributed by atoms with E-state index in [9.17, 15) is 0 Å². The highest BCUT2D eigenvalue weighted by Crippen LogP contribution is 2.64. The summed E-state index contributed by atoms with van der Waals surface area (Å²) < 4.78 is 5.28. The van der Waals surface area contributed by atoms with E-state index < -0.39 is 5.41 Å². The molecule has 13 rings (SSSR count). The van der Waals surface area contributed by atoms with Crippen LogP contribution >= 0.6 is 22.7 Å². The van der Waals surface area contributed by atoms with E-state index in [0.29, 0.717) is 0 Å². The molecule has 1 aliphatic carbocycles. The van der Waals surface area contributed by atoms with E-state index in [1.165, 1.54) is 107 Å². The monoisotopic (exact) mass is 771 g/mol. The highest BCUT2D eigenvalue weighted by atomic mass is 32.1. The number of thiophene rings is 2. The van der Waals surface area contributed by atoms with Gasteiger partial charge in [0.05, 0.1) is 16.8 Å². The van der Waals surface area contributed by atoms with E-state index in [1.54, 1.807) is 0 Å². The van der Waals surface area contributed by atoms with Crippen LogP contribution in [0.3, 0.4) is 0 Å². The molecule has 1 aliphatic heterocycles. The quantitative estimate of drug-likeness (QED) is 0.173. The van der Waals surface area contributed by atoms with Gasteiger partial charge in [0.2, 0.25) is 0 Å². The molecule has 2 aliphatic rings. The van der Waals surface area contributed by atoms with E-state index >= 15 is 0 Å². The molecule has 1 spiro atoms. The second kappa shape index (κ2) is 12.1. The number of nitrogens with zero attached hydrogens (tertiary/aromatic N) is 1. The van der Waals surface area contributed by atoms with Crippen molar-refractivity contribution in [2.45, 2.75) is 5.41 Å². The Morgan fingerprint density at radius 2 is 0.759 bits per heavy atom. The van der Waals surface area contributed by atoms with Crippen molar-refractivity contribution < 1.29 is 0 Å². The third-order valence-electron chi connectivity index (χ3n) is 12.7. The Bertz CT molecular complexity index is 3270. The lowest BCUT2D eigenvalue weighted by molar-refractivity contribution is 0.753. The summed E-state index contributed by atoms with van der Waals surface area (Å²) in [7, 11) is 0. The molecule has 3 heteroatoms. The van der Waals surface area contributed by atoms with Crippen molar-refractivity contribution in [3.05, 3.63) is 222 Å². The number of hydrogen-bond donors (Lipinski definition) is 0. The van der Waals surface area contributed by atoms with E-state index in [2.05, 4.69) is 205 Å². The van der Waals surface area contributed by atoms with Crippen molar-refractivity contribution in [1.82, 2.24) is 0 Å². The maximum absolute atomic E-state index is 2.54. The van der Waals surface area contributed by atoms with Crippen LogP contribution in [-0.2, 0) is 5.41 Å². The highest BCUT2D eigenvalue weighted by Gasteiger charge is 2.52. The van der Waals surface area contributed by atoms with E-state index in [4.69, 9.17) is 0 Å². The van der Waals surface area contributed by atoms with Gasteiger partial charge >= 0.3 is 0 Å². The number of hydrogen-bond acceptors (Lipinski definition) is 3. The molecule has 0 saturated heterocycles. The molecule has 0 radical (unpaired) electrons. The van der Waals surface area contributed by atoms with Gasteiger partial charge in [0.1, 0.15) is 0 Å². The molecule has 0 fully saturated rings. The van der Waals surface area contributed by atoms with Crippen LogP contribution < -0.4 is 4.90 Å². The molecule has 1 nitrogen and oxygen atoms in total. The molecule has 0 amide bonds. The molecular formula is C55H33NS2. The summed E-state index contributed by atoms with van der Waals surface area (Å²) in [6.07, 6.45) is 0. The fraction of sp³-hybridized carbons (Fsp3) is 0.0182. The van der Waals surface area contributed by atoms with E-state index in [0.717, 1.165) is 5.69 Å². The van der Waals surface area contributed by atoms with Gasteiger partial charge in [-0.3, -0.25) is 0 Å². The van der Waals surface area contributed by atoms with Crippen molar-refractivity contribution in [3.8, 4) is 33.4 Å². The van der Waals surface area contributed by atoms with Gasteiger partial charge in [0, 0.05) is 46.0 Å². The van der Waals surface area contributed by atoms with Crippen LogP contribution in [0, 0.1) is 0 Å². The topological polar surface area (TPSA) is 3.24 Å². The standard InChI is InChI=1S/C55H33NS2/c1-2-14-36(15-3-1)56-47-30-28-34(37-20-12-26-51-53(37)41-18-6-10-24-49(41)57-51)32-45(47)55(43-22-8-4-16-39(43)40-17-5-9-23-44(40)55)46-33-35(29-31-48(46)56)38-21-13-27-52-54(38)42-19-7-11-25-50(42)58-52/h1-33H. The molecule has 11 aromatic rings. The largest absolute Gasteiger partial charge is 0.310 e. The second-order valence-corrected chi connectivity index (χ2v) is 17.7. The molecule has 0 atom stereocenters. The second-order valence-electron chi connectivity index (χ2n) is 15.5. The minimum atomic E-state index is -0.579. The zero-order chi connectivity index (χ0) is 38.0. The lowest BCUT2D eigenvalue weighted by Crippen LogP contribution is -2.36. The lowest BCUT2D eigenvalue weighted by Gasteiger charge is -2.45. The van der Waals surface area contributed by atoms with E-state index in [1.807, 2.05) is 22.7 Å². The van der Waals surface area contributed by atoms with Crippen LogP contribution in [-0.4, -0.2) is 0 Å². The lowest BCUT2D eigenvalue weighted by atomic mass is 9.64. The van der Waals surface area contributed by atoms with Crippen LogP contribution in [0.5, 0.6) is 0 Å². The summed E-state index contributed by atoms with van der Waals surface area (Å²) in [5, 5.41) is 5.30. The molecule has 0 unspecified atom stereocenters. The minimum Gasteiger partial charge on any atom is -0.310 e. The molecule has 0 bridgehead atoms. The number of fused-ring (bicyclic) bond motifs is 15. The smallest absolute Gasteiger partial charge is 0.0754 e. The zero-order valence-corrected chi connectivity index (χ0v) is 32.9. The molecule has 3 heterocycles. The minimum absolute atomic E-state index is 0.579. The van der Waals surface area contributed by atoms with Gasteiger partial charge in [-0.25, -0.2) is 0 Å². The number of para-hydroxylation sites is 1. The normalized spacial score (nSPS) is 13.6. The van der Waals surface area contributed by atoms with Crippen molar-refractivity contribution in [3.63, 3.8) is 0 Å². The van der Waals surface area contributed by atoms with Gasteiger partial charge in [-0.1, -0.05) is 140 Å². The predicted molar refractivity (Wildman–Crippen MR) is 249 cm³/mol. The maximum Gasteiger partial charge on any atom is 0.0754 e. The van der Waals surface area contributed by atoms with Gasteiger partial charge in [0.15, 0.2) is 0 Å². The van der Waals surface area contributed by atoms with Crippen LogP contribution in [0.2, 0.25) is 0 Å². The fourth-order valence-corrected chi connectivity index (χ4v) is 12.6. The van der Waals surface area contributed by atoms with E-state index in [-0.39, 0.29) is 0 Å². The maximum atomic E-state index is 2.54. The van der Waals surface area contributed by atoms with Crippen LogP contribution in [0.25, 0.3) is 73.7 Å². The first-order valence-corrected chi connectivity index (χ1v) is 21.6. The Labute approximate surface area is 344 Å². The first-order valence-electron chi connectivity index (χ1n) is 19.9. The Kier molecular flexibility index (Phi) is 6.75. The Balaban J connectivity index is 1.17. The molecule has 0 N–H and O–H groups in total. The van der Waals surface area contributed by atoms with Gasteiger partial charge in [-0.05, 0) is 116 Å². The number of rotatable bonds is 3. The zero-order valence-electron chi connectivity index (χ0n) is 31.3. The molecule has 2 aromatic heterocycles. The summed E-state index contributed by atoms with van der Waals surface area (Å²) >= 11 is 3.76. The molecule has 0 saturated carbocycles. The summed E-state index contributed by atoms with van der Waals surface area (Å²) in [6, 6.07) is 75.2. The summed E-state index contributed by atoms with van der Waals surface area (Å²) in [5.41, 5.74) is 15.9. The Hall–Kier alpha value is -6.78. The van der Waals surface area contributed by atoms with Gasteiger partial charge in [-0.15, -0.1) is 22.7 Å². The average molecular weight is 772 g/mol. The Morgan fingerprint density at radius 1 is 0.328 bits per heavy atom. The highest BCUT2D eigenvalue weighted by molar-refractivity contribution is 7.26. The van der Waals surface area contributed by atoms with Gasteiger partial charge in [-0.2, -0.15) is 0 Å². The molecule has 9 aromatic carbocycles. The third-order valence-corrected chi connectivity index (χ3v) is 14.9. The van der Waals surface area contributed by atoms with Crippen LogP contribution in [0.4, 0.5) is 17.1 Å². The van der Waals surface area contributed by atoms with Gasteiger partial charge < -0.3 is 4.90 Å². The third kappa shape index (κ3) is 4.30. The molecule has 270 valence electrons. The Morgan fingerprint density at radius 3 is 1.29 bits per heavy atom. The summed E-state index contributed by atoms with van der Waals surface area (Å²) in [4.78, 5) is 2.51. The van der Waals surface area contributed by atoms with Crippen molar-refractivity contribution in [2.75, 3.05) is 4.90 Å². The molecule has 58 heavy (non-hydrogen) atoms. The number of benzene rings is 9. The predicted octanol–water partition coefficient (Wildman–Crippen LogP) is 15.9. The SMILES string of the molecule is c1ccc(N2c3ccc(-c4cccc5sc6ccccc6c45)cc3C3(c4ccccc4-c4ccccc43)c3cc(-c4cccc5sc6ccccc6c45)ccc32)cc1. The average Bonchev–Trinajstić information content (AvgIpc) is 3.96. The van der Waals surface area contributed by atoms with Crippen molar-refractivity contribution in [2.24, 2.45) is 0 Å². The fourth-order valence-electron chi connectivity index (χ4n) is 10.4. The summed E-state index contributed by atoms with van der Waals surface area (Å²) in [5.74, 6) is 0. The van der Waals surface area contributed by atoms with Crippen molar-refractivity contribution >= 4 is 80.1 Å².